The van der Waals surface area contributed by atoms with Crippen molar-refractivity contribution in [2.24, 2.45) is 4.99 Å². The van der Waals surface area contributed by atoms with E-state index in [9.17, 15) is 9.90 Å². The first-order valence-electron chi connectivity index (χ1n) is 11.3. The Hall–Kier alpha value is -3.83. The van der Waals surface area contributed by atoms with Crippen LogP contribution in [0.3, 0.4) is 0 Å². The van der Waals surface area contributed by atoms with Crippen molar-refractivity contribution in [1.29, 1.82) is 0 Å². The largest absolute Gasteiger partial charge is 0.474 e. The molecule has 0 unspecified atom stereocenters. The van der Waals surface area contributed by atoms with Crippen LogP contribution in [-0.2, 0) is 0 Å². The van der Waals surface area contributed by atoms with Crippen LogP contribution in [-0.4, -0.2) is 82.4 Å². The maximum atomic E-state index is 13.4. The Kier molecular flexibility index (Phi) is 7.37. The normalized spacial score (nSPS) is 18.2. The molecule has 11 heteroatoms. The molecule has 0 aromatic carbocycles. The minimum atomic E-state index is -1.03. The molecule has 11 nitrogen and oxygen atoms in total. The SMILES string of the molecule is C=C/C(=C\C(C)=N/C)c1ccc2c(n1)N(C(=O)Nc1cncc(OC[C@@H](O)CO)n1)[C@H]1CCN2C1. The van der Waals surface area contributed by atoms with E-state index in [-0.39, 0.29) is 30.4 Å². The standard InChI is InChI=1S/C24H29N7O4/c1-4-16(9-15(2)25-3)19-5-6-20-23(27-19)31(17-7-8-30(20)12-17)24(34)29-21-10-26-11-22(28-21)35-14-18(33)13-32/h4-6,9-11,17-18,32-33H,1,7-8,12-14H2,2-3H3,(H,28,29,34)/b16-9+,25-15-/t17-,18-/m0/s1. The molecule has 3 N–H and O–H groups in total. The van der Waals surface area contributed by atoms with Gasteiger partial charge in [-0.2, -0.15) is 4.98 Å². The minimum Gasteiger partial charge on any atom is -0.474 e. The monoisotopic (exact) mass is 479 g/mol. The van der Waals surface area contributed by atoms with E-state index in [4.69, 9.17) is 14.8 Å². The molecule has 2 aromatic heterocycles. The minimum absolute atomic E-state index is 0.0348. The van der Waals surface area contributed by atoms with Gasteiger partial charge in [-0.25, -0.2) is 9.78 Å². The van der Waals surface area contributed by atoms with Gasteiger partial charge in [0.15, 0.2) is 11.6 Å². The second-order valence-electron chi connectivity index (χ2n) is 8.29. The van der Waals surface area contributed by atoms with Crippen molar-refractivity contribution in [3.8, 4) is 5.88 Å². The van der Waals surface area contributed by atoms with Gasteiger partial charge in [0.25, 0.3) is 0 Å². The Morgan fingerprint density at radius 2 is 2.23 bits per heavy atom. The van der Waals surface area contributed by atoms with Gasteiger partial charge in [-0.3, -0.25) is 20.2 Å². The molecule has 2 aliphatic rings. The van der Waals surface area contributed by atoms with E-state index in [1.165, 1.54) is 12.4 Å². The third-order valence-electron chi connectivity index (χ3n) is 5.89. The lowest BCUT2D eigenvalue weighted by atomic mass is 10.1. The first-order valence-corrected chi connectivity index (χ1v) is 11.3. The fourth-order valence-corrected chi connectivity index (χ4v) is 4.04. The number of hydrogen-bond donors (Lipinski definition) is 3. The quantitative estimate of drug-likeness (QED) is 0.386. The van der Waals surface area contributed by atoms with Crippen LogP contribution in [0.1, 0.15) is 19.0 Å². The van der Waals surface area contributed by atoms with Crippen LogP contribution >= 0.6 is 0 Å². The number of aliphatic hydroxyl groups is 2. The molecule has 1 saturated heterocycles. The number of carbonyl (C=O) groups is 1. The highest BCUT2D eigenvalue weighted by Gasteiger charge is 2.40. The molecule has 0 spiro atoms. The smallest absolute Gasteiger partial charge is 0.329 e. The Bertz CT molecular complexity index is 1170. The summed E-state index contributed by atoms with van der Waals surface area (Å²) < 4.78 is 5.33. The maximum absolute atomic E-state index is 13.4. The summed E-state index contributed by atoms with van der Waals surface area (Å²) in [4.78, 5) is 34.6. The highest BCUT2D eigenvalue weighted by Crippen LogP contribution is 2.39. The number of aromatic nitrogens is 3. The maximum Gasteiger partial charge on any atom is 0.329 e. The van der Waals surface area contributed by atoms with Gasteiger partial charge in [0.1, 0.15) is 12.7 Å². The van der Waals surface area contributed by atoms with Crippen LogP contribution < -0.4 is 19.9 Å². The van der Waals surface area contributed by atoms with E-state index in [0.29, 0.717) is 11.5 Å². The number of nitrogens with zero attached hydrogens (tertiary/aromatic N) is 6. The Morgan fingerprint density at radius 3 is 2.97 bits per heavy atom. The highest BCUT2D eigenvalue weighted by molar-refractivity contribution is 6.05. The topological polar surface area (TPSA) is 136 Å². The van der Waals surface area contributed by atoms with Crippen molar-refractivity contribution in [1.82, 2.24) is 15.0 Å². The van der Waals surface area contributed by atoms with Gasteiger partial charge in [0.2, 0.25) is 5.88 Å². The molecule has 4 rings (SSSR count). The van der Waals surface area contributed by atoms with Crippen LogP contribution in [0.25, 0.3) is 5.57 Å². The number of hydrogen-bond acceptors (Lipinski definition) is 9. The van der Waals surface area contributed by atoms with Gasteiger partial charge < -0.3 is 19.8 Å². The van der Waals surface area contributed by atoms with Gasteiger partial charge in [-0.1, -0.05) is 12.7 Å². The number of fused-ring (bicyclic) bond motifs is 4. The molecule has 0 radical (unpaired) electrons. The van der Waals surface area contributed by atoms with Crippen molar-refractivity contribution >= 4 is 34.6 Å². The van der Waals surface area contributed by atoms with Crippen LogP contribution in [0.15, 0.2) is 48.2 Å². The molecule has 2 bridgehead atoms. The van der Waals surface area contributed by atoms with E-state index in [0.717, 1.165) is 36.5 Å². The molecule has 2 amide bonds. The second kappa shape index (κ2) is 10.6. The molecule has 0 aliphatic carbocycles. The number of nitrogens with one attached hydrogen (secondary N) is 1. The van der Waals surface area contributed by atoms with E-state index >= 15 is 0 Å². The fraction of sp³-hybridized carbons (Fsp3) is 0.375. The first kappa shape index (κ1) is 24.3. The molecule has 4 heterocycles. The number of rotatable bonds is 8. The van der Waals surface area contributed by atoms with Crippen molar-refractivity contribution in [2.45, 2.75) is 25.5 Å². The molecule has 1 fully saturated rings. The predicted molar refractivity (Wildman–Crippen MR) is 134 cm³/mol. The van der Waals surface area contributed by atoms with E-state index in [1.807, 2.05) is 25.1 Å². The van der Waals surface area contributed by atoms with Crippen LogP contribution in [0.5, 0.6) is 5.88 Å². The van der Waals surface area contributed by atoms with Crippen molar-refractivity contribution in [3.05, 3.63) is 49.0 Å². The van der Waals surface area contributed by atoms with Gasteiger partial charge >= 0.3 is 6.03 Å². The van der Waals surface area contributed by atoms with Gasteiger partial charge in [0, 0.05) is 31.4 Å². The zero-order valence-corrected chi connectivity index (χ0v) is 19.8. The van der Waals surface area contributed by atoms with E-state index in [1.54, 1.807) is 18.0 Å². The van der Waals surface area contributed by atoms with E-state index in [2.05, 4.69) is 31.8 Å². The zero-order chi connectivity index (χ0) is 24.9. The number of aliphatic hydroxyl groups excluding tert-OH is 2. The fourth-order valence-electron chi connectivity index (χ4n) is 4.04. The van der Waals surface area contributed by atoms with Crippen LogP contribution in [0, 0.1) is 0 Å². The summed E-state index contributed by atoms with van der Waals surface area (Å²) in [7, 11) is 1.72. The average molecular weight is 480 g/mol. The molecule has 2 aliphatic heterocycles. The lowest BCUT2D eigenvalue weighted by Gasteiger charge is -2.35. The van der Waals surface area contributed by atoms with Crippen molar-refractivity contribution in [3.63, 3.8) is 0 Å². The summed E-state index contributed by atoms with van der Waals surface area (Å²) >= 11 is 0. The Balaban J connectivity index is 1.61. The number of allylic oxidation sites excluding steroid dienone is 3. The third-order valence-corrected chi connectivity index (χ3v) is 5.89. The number of aliphatic imine (C=N–C) groups is 1. The Morgan fingerprint density at radius 1 is 1.40 bits per heavy atom. The number of urea groups is 1. The van der Waals surface area contributed by atoms with Crippen molar-refractivity contribution in [2.75, 3.05) is 48.5 Å². The summed E-state index contributed by atoms with van der Waals surface area (Å²) in [6.07, 6.45) is 6.18. The van der Waals surface area contributed by atoms with Gasteiger partial charge in [-0.15, -0.1) is 0 Å². The molecular formula is C24H29N7O4. The average Bonchev–Trinajstić information content (AvgIpc) is 3.29. The van der Waals surface area contributed by atoms with Crippen molar-refractivity contribution < 1.29 is 19.7 Å². The number of carbonyl (C=O) groups excluding carboxylic acids is 1. The number of pyridine rings is 1. The summed E-state index contributed by atoms with van der Waals surface area (Å²) in [5.41, 5.74) is 3.23. The Labute approximate surface area is 203 Å². The predicted octanol–water partition coefficient (Wildman–Crippen LogP) is 1.89. The van der Waals surface area contributed by atoms with Crippen LogP contribution in [0.4, 0.5) is 22.1 Å². The summed E-state index contributed by atoms with van der Waals surface area (Å²) in [6.45, 7) is 6.79. The summed E-state index contributed by atoms with van der Waals surface area (Å²) in [5.74, 6) is 0.889. The third kappa shape index (κ3) is 5.31. The second-order valence-corrected chi connectivity index (χ2v) is 8.29. The molecule has 184 valence electrons. The summed E-state index contributed by atoms with van der Waals surface area (Å²) in [6, 6.07) is 3.50. The van der Waals surface area contributed by atoms with E-state index < -0.39 is 12.7 Å². The lowest BCUT2D eigenvalue weighted by molar-refractivity contribution is 0.0520. The molecule has 2 aromatic rings. The molecule has 2 atom stereocenters. The first-order chi connectivity index (χ1) is 16.9. The van der Waals surface area contributed by atoms with Crippen LogP contribution in [0.2, 0.25) is 0 Å². The molecule has 0 saturated carbocycles. The molecule has 35 heavy (non-hydrogen) atoms. The highest BCUT2D eigenvalue weighted by atomic mass is 16.5. The summed E-state index contributed by atoms with van der Waals surface area (Å²) in [5, 5.41) is 21.2. The lowest BCUT2D eigenvalue weighted by Crippen LogP contribution is -2.48. The zero-order valence-electron chi connectivity index (χ0n) is 19.8. The number of ether oxygens (including phenoxy) is 1. The van der Waals surface area contributed by atoms with Gasteiger partial charge in [-0.05, 0) is 31.6 Å². The number of amides is 2. The number of anilines is 3. The van der Waals surface area contributed by atoms with Gasteiger partial charge in [0.05, 0.1) is 36.4 Å². The molecular weight excluding hydrogens is 450 g/mol.